The van der Waals surface area contributed by atoms with E-state index in [1.54, 1.807) is 6.92 Å². The molecular formula is C14H21NO2. The SMILES string of the molecule is Cc1ccc(OC(C)C(N)=O)c(C(C)(C)C)c1. The molecule has 1 rings (SSSR count). The van der Waals surface area contributed by atoms with Gasteiger partial charge in [-0.1, -0.05) is 38.5 Å². The number of hydrogen-bond donors (Lipinski definition) is 1. The molecule has 0 spiro atoms. The van der Waals surface area contributed by atoms with E-state index in [1.807, 2.05) is 19.1 Å². The molecule has 3 heteroatoms. The first-order valence-corrected chi connectivity index (χ1v) is 5.79. The van der Waals surface area contributed by atoms with Crippen molar-refractivity contribution >= 4 is 5.91 Å². The van der Waals surface area contributed by atoms with E-state index in [2.05, 4.69) is 26.8 Å². The number of carbonyl (C=O) groups excluding carboxylic acids is 1. The fourth-order valence-electron chi connectivity index (χ4n) is 1.58. The lowest BCUT2D eigenvalue weighted by atomic mass is 9.85. The predicted molar refractivity (Wildman–Crippen MR) is 69.2 cm³/mol. The summed E-state index contributed by atoms with van der Waals surface area (Å²) in [7, 11) is 0. The second kappa shape index (κ2) is 4.78. The average Bonchev–Trinajstić information content (AvgIpc) is 2.18. The summed E-state index contributed by atoms with van der Waals surface area (Å²) < 4.78 is 5.61. The second-order valence-electron chi connectivity index (χ2n) is 5.41. The molecule has 3 nitrogen and oxygen atoms in total. The molecule has 0 aliphatic rings. The van der Waals surface area contributed by atoms with E-state index >= 15 is 0 Å². The zero-order valence-corrected chi connectivity index (χ0v) is 11.2. The van der Waals surface area contributed by atoms with Crippen molar-refractivity contribution in [1.29, 1.82) is 0 Å². The van der Waals surface area contributed by atoms with Crippen molar-refractivity contribution in [1.82, 2.24) is 0 Å². The number of amides is 1. The fraction of sp³-hybridized carbons (Fsp3) is 0.500. The Labute approximate surface area is 103 Å². The minimum absolute atomic E-state index is 0.0290. The van der Waals surface area contributed by atoms with E-state index in [4.69, 9.17) is 10.5 Å². The van der Waals surface area contributed by atoms with Gasteiger partial charge in [0.25, 0.3) is 5.91 Å². The van der Waals surface area contributed by atoms with Crippen LogP contribution in [0.3, 0.4) is 0 Å². The summed E-state index contributed by atoms with van der Waals surface area (Å²) >= 11 is 0. The van der Waals surface area contributed by atoms with E-state index in [0.717, 1.165) is 11.3 Å². The summed E-state index contributed by atoms with van der Waals surface area (Å²) in [6, 6.07) is 5.96. The van der Waals surface area contributed by atoms with Crippen LogP contribution in [0, 0.1) is 6.92 Å². The first kappa shape index (κ1) is 13.6. The normalized spacial score (nSPS) is 13.2. The Hall–Kier alpha value is -1.51. The molecule has 1 unspecified atom stereocenters. The van der Waals surface area contributed by atoms with Crippen LogP contribution < -0.4 is 10.5 Å². The van der Waals surface area contributed by atoms with Crippen molar-refractivity contribution in [3.05, 3.63) is 29.3 Å². The highest BCUT2D eigenvalue weighted by atomic mass is 16.5. The molecule has 0 saturated carbocycles. The summed E-state index contributed by atoms with van der Waals surface area (Å²) in [5.74, 6) is 0.278. The Morgan fingerprint density at radius 1 is 1.35 bits per heavy atom. The number of nitrogens with two attached hydrogens (primary N) is 1. The molecule has 0 radical (unpaired) electrons. The van der Waals surface area contributed by atoms with E-state index in [-0.39, 0.29) is 5.41 Å². The van der Waals surface area contributed by atoms with E-state index < -0.39 is 12.0 Å². The maximum Gasteiger partial charge on any atom is 0.258 e. The molecule has 1 atom stereocenters. The standard InChI is InChI=1S/C14H21NO2/c1-9-6-7-12(17-10(2)13(15)16)11(8-9)14(3,4)5/h6-8,10H,1-5H3,(H2,15,16). The van der Waals surface area contributed by atoms with Gasteiger partial charge in [0.15, 0.2) is 6.10 Å². The molecule has 0 heterocycles. The lowest BCUT2D eigenvalue weighted by Crippen LogP contribution is -2.31. The molecule has 0 fully saturated rings. The predicted octanol–water partition coefficient (Wildman–Crippen LogP) is 2.55. The Morgan fingerprint density at radius 2 is 1.94 bits per heavy atom. The Balaban J connectivity index is 3.11. The van der Waals surface area contributed by atoms with Gasteiger partial charge in [-0.15, -0.1) is 0 Å². The molecule has 1 amide bonds. The molecule has 17 heavy (non-hydrogen) atoms. The van der Waals surface area contributed by atoms with Gasteiger partial charge in [0, 0.05) is 0 Å². The number of ether oxygens (including phenoxy) is 1. The van der Waals surface area contributed by atoms with Gasteiger partial charge in [0.1, 0.15) is 5.75 Å². The quantitative estimate of drug-likeness (QED) is 0.875. The van der Waals surface area contributed by atoms with Crippen LogP contribution >= 0.6 is 0 Å². The topological polar surface area (TPSA) is 52.3 Å². The fourth-order valence-corrected chi connectivity index (χ4v) is 1.58. The van der Waals surface area contributed by atoms with Crippen molar-refractivity contribution in [3.8, 4) is 5.75 Å². The van der Waals surface area contributed by atoms with Crippen LogP contribution in [0.25, 0.3) is 0 Å². The summed E-state index contributed by atoms with van der Waals surface area (Å²) in [5, 5.41) is 0. The van der Waals surface area contributed by atoms with Gasteiger partial charge >= 0.3 is 0 Å². The smallest absolute Gasteiger partial charge is 0.258 e. The maximum absolute atomic E-state index is 11.0. The van der Waals surface area contributed by atoms with Gasteiger partial charge < -0.3 is 10.5 Å². The summed E-state index contributed by atoms with van der Waals surface area (Å²) in [4.78, 5) is 11.0. The van der Waals surface area contributed by atoms with Gasteiger partial charge in [-0.05, 0) is 30.9 Å². The van der Waals surface area contributed by atoms with Crippen molar-refractivity contribution < 1.29 is 9.53 Å². The molecule has 0 aliphatic carbocycles. The maximum atomic E-state index is 11.0. The zero-order valence-electron chi connectivity index (χ0n) is 11.2. The number of rotatable bonds is 3. The molecular weight excluding hydrogens is 214 g/mol. The highest BCUT2D eigenvalue weighted by Crippen LogP contribution is 2.32. The van der Waals surface area contributed by atoms with E-state index in [1.165, 1.54) is 5.56 Å². The van der Waals surface area contributed by atoms with Gasteiger partial charge in [0.05, 0.1) is 0 Å². The van der Waals surface area contributed by atoms with Gasteiger partial charge in [-0.25, -0.2) is 0 Å². The van der Waals surface area contributed by atoms with Gasteiger partial charge in [0.2, 0.25) is 0 Å². The number of carbonyl (C=O) groups is 1. The van der Waals surface area contributed by atoms with Crippen molar-refractivity contribution in [2.45, 2.75) is 46.1 Å². The van der Waals surface area contributed by atoms with Crippen molar-refractivity contribution in [2.75, 3.05) is 0 Å². The number of hydrogen-bond acceptors (Lipinski definition) is 2. The van der Waals surface area contributed by atoms with E-state index in [9.17, 15) is 4.79 Å². The number of primary amides is 1. The molecule has 0 saturated heterocycles. The minimum Gasteiger partial charge on any atom is -0.481 e. The minimum atomic E-state index is -0.612. The molecule has 0 aromatic heterocycles. The Kier molecular flexibility index (Phi) is 3.81. The first-order chi connectivity index (χ1) is 7.71. The monoisotopic (exact) mass is 235 g/mol. The van der Waals surface area contributed by atoms with Crippen LogP contribution in [0.15, 0.2) is 18.2 Å². The molecule has 0 aliphatic heterocycles. The highest BCUT2D eigenvalue weighted by molar-refractivity contribution is 5.78. The number of aryl methyl sites for hydroxylation is 1. The molecule has 1 aromatic rings. The molecule has 0 bridgehead atoms. The lowest BCUT2D eigenvalue weighted by molar-refractivity contribution is -0.124. The van der Waals surface area contributed by atoms with Crippen molar-refractivity contribution in [3.63, 3.8) is 0 Å². The van der Waals surface area contributed by atoms with Crippen LogP contribution in [0.2, 0.25) is 0 Å². The van der Waals surface area contributed by atoms with Crippen LogP contribution in [-0.4, -0.2) is 12.0 Å². The van der Waals surface area contributed by atoms with E-state index in [0.29, 0.717) is 0 Å². The first-order valence-electron chi connectivity index (χ1n) is 5.79. The van der Waals surface area contributed by atoms with Gasteiger partial charge in [-0.2, -0.15) is 0 Å². The Morgan fingerprint density at radius 3 is 2.41 bits per heavy atom. The third kappa shape index (κ3) is 3.48. The zero-order chi connectivity index (χ0) is 13.2. The van der Waals surface area contributed by atoms with Crippen LogP contribution in [-0.2, 0) is 10.2 Å². The van der Waals surface area contributed by atoms with Crippen LogP contribution in [0.5, 0.6) is 5.75 Å². The molecule has 94 valence electrons. The third-order valence-corrected chi connectivity index (χ3v) is 2.65. The van der Waals surface area contributed by atoms with Crippen LogP contribution in [0.4, 0.5) is 0 Å². The third-order valence-electron chi connectivity index (χ3n) is 2.65. The lowest BCUT2D eigenvalue weighted by Gasteiger charge is -2.24. The molecule has 2 N–H and O–H groups in total. The van der Waals surface area contributed by atoms with Crippen molar-refractivity contribution in [2.24, 2.45) is 5.73 Å². The highest BCUT2D eigenvalue weighted by Gasteiger charge is 2.21. The second-order valence-corrected chi connectivity index (χ2v) is 5.41. The largest absolute Gasteiger partial charge is 0.481 e. The summed E-state index contributed by atoms with van der Waals surface area (Å²) in [5.41, 5.74) is 7.44. The summed E-state index contributed by atoms with van der Waals surface area (Å²) in [6.45, 7) is 10.0. The van der Waals surface area contributed by atoms with Crippen LogP contribution in [0.1, 0.15) is 38.8 Å². The molecule has 1 aromatic carbocycles. The Bertz CT molecular complexity index is 419. The average molecular weight is 235 g/mol. The number of benzene rings is 1. The van der Waals surface area contributed by atoms with Gasteiger partial charge in [-0.3, -0.25) is 4.79 Å². The summed E-state index contributed by atoms with van der Waals surface area (Å²) in [6.07, 6.45) is -0.612.